The van der Waals surface area contributed by atoms with Gasteiger partial charge in [0.1, 0.15) is 5.52 Å². The summed E-state index contributed by atoms with van der Waals surface area (Å²) in [5.74, 6) is 0.946. The molecule has 140 valence electrons. The van der Waals surface area contributed by atoms with E-state index in [0.717, 1.165) is 28.8 Å². The number of hydrogen-bond acceptors (Lipinski definition) is 3. The second-order valence-corrected chi connectivity index (χ2v) is 6.95. The van der Waals surface area contributed by atoms with Gasteiger partial charge in [-0.1, -0.05) is 38.1 Å². The first-order valence-corrected chi connectivity index (χ1v) is 9.51. The summed E-state index contributed by atoms with van der Waals surface area (Å²) in [4.78, 5) is 16.9. The molecule has 0 aliphatic heterocycles. The average Bonchev–Trinajstić information content (AvgIpc) is 3.17. The number of carbonyl (C=O) groups excluding carboxylic acids is 1. The highest BCUT2D eigenvalue weighted by Gasteiger charge is 2.11. The van der Waals surface area contributed by atoms with E-state index < -0.39 is 0 Å². The average molecular weight is 370 g/mol. The van der Waals surface area contributed by atoms with Crippen molar-refractivity contribution in [1.82, 2.24) is 4.98 Å². The SMILES string of the molecule is CC[C@@H](C)c1ccc2oc(-c3ccc(NC(=O)c4ccccc4)cc3)nc2c1. The number of nitrogens with zero attached hydrogens (tertiary/aromatic N) is 1. The molecule has 28 heavy (non-hydrogen) atoms. The standard InChI is InChI=1S/C24H22N2O2/c1-3-16(2)19-11-14-22-21(15-19)26-24(28-22)18-9-12-20(13-10-18)25-23(27)17-7-5-4-6-8-17/h4-16H,3H2,1-2H3,(H,25,27)/t16-/m1/s1. The van der Waals surface area contributed by atoms with Crippen LogP contribution in [0.5, 0.6) is 0 Å². The number of hydrogen-bond donors (Lipinski definition) is 1. The molecule has 0 spiro atoms. The molecule has 0 aliphatic carbocycles. The van der Waals surface area contributed by atoms with E-state index in [-0.39, 0.29) is 5.91 Å². The highest BCUT2D eigenvalue weighted by atomic mass is 16.3. The molecule has 0 saturated carbocycles. The van der Waals surface area contributed by atoms with Crippen molar-refractivity contribution in [2.75, 3.05) is 5.32 Å². The second-order valence-electron chi connectivity index (χ2n) is 6.95. The lowest BCUT2D eigenvalue weighted by Gasteiger charge is -2.07. The number of aromatic nitrogens is 1. The van der Waals surface area contributed by atoms with Gasteiger partial charge in [-0.3, -0.25) is 4.79 Å². The zero-order valence-corrected chi connectivity index (χ0v) is 16.0. The monoisotopic (exact) mass is 370 g/mol. The minimum Gasteiger partial charge on any atom is -0.436 e. The van der Waals surface area contributed by atoms with Gasteiger partial charge in [0, 0.05) is 16.8 Å². The zero-order chi connectivity index (χ0) is 19.5. The van der Waals surface area contributed by atoms with Gasteiger partial charge in [0.15, 0.2) is 5.58 Å². The Hall–Kier alpha value is -3.40. The van der Waals surface area contributed by atoms with Gasteiger partial charge in [-0.2, -0.15) is 0 Å². The largest absolute Gasteiger partial charge is 0.436 e. The lowest BCUT2D eigenvalue weighted by Crippen LogP contribution is -2.11. The Balaban J connectivity index is 1.54. The maximum atomic E-state index is 12.3. The van der Waals surface area contributed by atoms with Crippen molar-refractivity contribution in [3.05, 3.63) is 83.9 Å². The molecule has 0 fully saturated rings. The lowest BCUT2D eigenvalue weighted by molar-refractivity contribution is 0.102. The van der Waals surface area contributed by atoms with Crippen LogP contribution in [0.15, 0.2) is 77.2 Å². The van der Waals surface area contributed by atoms with Crippen LogP contribution in [0.2, 0.25) is 0 Å². The van der Waals surface area contributed by atoms with Crippen LogP contribution in [-0.4, -0.2) is 10.9 Å². The molecule has 4 aromatic rings. The molecule has 0 aliphatic rings. The highest BCUT2D eigenvalue weighted by molar-refractivity contribution is 6.04. The zero-order valence-electron chi connectivity index (χ0n) is 16.0. The molecule has 0 radical (unpaired) electrons. The third-order valence-electron chi connectivity index (χ3n) is 5.02. The molecule has 4 heteroatoms. The molecule has 1 N–H and O–H groups in total. The van der Waals surface area contributed by atoms with Gasteiger partial charge in [0.05, 0.1) is 0 Å². The number of benzene rings is 3. The predicted octanol–water partition coefficient (Wildman–Crippen LogP) is 6.26. The summed E-state index contributed by atoms with van der Waals surface area (Å²) in [7, 11) is 0. The van der Waals surface area contributed by atoms with Crippen molar-refractivity contribution >= 4 is 22.7 Å². The number of rotatable bonds is 5. The summed E-state index contributed by atoms with van der Waals surface area (Å²) in [6, 6.07) is 22.9. The van der Waals surface area contributed by atoms with Crippen molar-refractivity contribution in [3.63, 3.8) is 0 Å². The molecule has 3 aromatic carbocycles. The van der Waals surface area contributed by atoms with E-state index in [9.17, 15) is 4.79 Å². The summed E-state index contributed by atoms with van der Waals surface area (Å²) < 4.78 is 5.91. The molecule has 1 atom stereocenters. The Labute approximate surface area is 164 Å². The first kappa shape index (κ1) is 18.0. The third-order valence-corrected chi connectivity index (χ3v) is 5.02. The number of fused-ring (bicyclic) bond motifs is 1. The van der Waals surface area contributed by atoms with Crippen molar-refractivity contribution in [1.29, 1.82) is 0 Å². The van der Waals surface area contributed by atoms with Crippen LogP contribution in [0.3, 0.4) is 0 Å². The summed E-state index contributed by atoms with van der Waals surface area (Å²) in [5, 5.41) is 2.90. The van der Waals surface area contributed by atoms with Crippen molar-refractivity contribution in [2.24, 2.45) is 0 Å². The van der Waals surface area contributed by atoms with E-state index in [0.29, 0.717) is 17.4 Å². The Morgan fingerprint density at radius 2 is 1.79 bits per heavy atom. The van der Waals surface area contributed by atoms with Crippen molar-refractivity contribution < 1.29 is 9.21 Å². The number of nitrogens with one attached hydrogen (secondary N) is 1. The lowest BCUT2D eigenvalue weighted by atomic mass is 9.98. The number of anilines is 1. The Bertz CT molecular complexity index is 1100. The Morgan fingerprint density at radius 3 is 2.50 bits per heavy atom. The van der Waals surface area contributed by atoms with E-state index in [4.69, 9.17) is 4.42 Å². The summed E-state index contributed by atoms with van der Waals surface area (Å²) in [6.07, 6.45) is 1.09. The minimum atomic E-state index is -0.132. The maximum Gasteiger partial charge on any atom is 0.255 e. The van der Waals surface area contributed by atoms with Gasteiger partial charge in [-0.05, 0) is 66.4 Å². The van der Waals surface area contributed by atoms with Gasteiger partial charge in [-0.15, -0.1) is 0 Å². The van der Waals surface area contributed by atoms with E-state index >= 15 is 0 Å². The second kappa shape index (κ2) is 7.69. The van der Waals surface area contributed by atoms with Gasteiger partial charge in [0.25, 0.3) is 5.91 Å². The highest BCUT2D eigenvalue weighted by Crippen LogP contribution is 2.28. The molecule has 0 unspecified atom stereocenters. The molecule has 1 heterocycles. The smallest absolute Gasteiger partial charge is 0.255 e. The van der Waals surface area contributed by atoms with Crippen LogP contribution in [0.4, 0.5) is 5.69 Å². The Kier molecular flexibility index (Phi) is 4.94. The van der Waals surface area contributed by atoms with Gasteiger partial charge in [-0.25, -0.2) is 4.98 Å². The van der Waals surface area contributed by atoms with Gasteiger partial charge in [0.2, 0.25) is 5.89 Å². The molecule has 0 saturated heterocycles. The first-order chi connectivity index (χ1) is 13.6. The molecule has 0 bridgehead atoms. The van der Waals surface area contributed by atoms with Crippen LogP contribution in [0.25, 0.3) is 22.6 Å². The molecule has 1 aromatic heterocycles. The van der Waals surface area contributed by atoms with Crippen molar-refractivity contribution in [3.8, 4) is 11.5 Å². The number of carbonyl (C=O) groups is 1. The fraction of sp³-hybridized carbons (Fsp3) is 0.167. The molecule has 1 amide bonds. The third kappa shape index (κ3) is 3.67. The van der Waals surface area contributed by atoms with Gasteiger partial charge < -0.3 is 9.73 Å². The van der Waals surface area contributed by atoms with Crippen LogP contribution in [0.1, 0.15) is 42.1 Å². The van der Waals surface area contributed by atoms with E-state index in [1.165, 1.54) is 5.56 Å². The summed E-state index contributed by atoms with van der Waals surface area (Å²) >= 11 is 0. The molecular weight excluding hydrogens is 348 g/mol. The summed E-state index contributed by atoms with van der Waals surface area (Å²) in [5.41, 5.74) is 5.15. The predicted molar refractivity (Wildman–Crippen MR) is 113 cm³/mol. The summed E-state index contributed by atoms with van der Waals surface area (Å²) in [6.45, 7) is 4.39. The molecular formula is C24H22N2O2. The Morgan fingerprint density at radius 1 is 1.04 bits per heavy atom. The van der Waals surface area contributed by atoms with Gasteiger partial charge >= 0.3 is 0 Å². The van der Waals surface area contributed by atoms with Crippen LogP contribution in [-0.2, 0) is 0 Å². The number of amides is 1. The van der Waals surface area contributed by atoms with Crippen LogP contribution < -0.4 is 5.32 Å². The fourth-order valence-electron chi connectivity index (χ4n) is 3.10. The topological polar surface area (TPSA) is 55.1 Å². The van der Waals surface area contributed by atoms with Crippen LogP contribution >= 0.6 is 0 Å². The first-order valence-electron chi connectivity index (χ1n) is 9.51. The van der Waals surface area contributed by atoms with E-state index in [2.05, 4.69) is 36.3 Å². The quantitative estimate of drug-likeness (QED) is 0.451. The van der Waals surface area contributed by atoms with Crippen LogP contribution in [0, 0.1) is 0 Å². The molecule has 4 nitrogen and oxygen atoms in total. The van der Waals surface area contributed by atoms with Crippen molar-refractivity contribution in [2.45, 2.75) is 26.2 Å². The maximum absolute atomic E-state index is 12.3. The number of oxazole rings is 1. The molecule has 4 rings (SSSR count). The minimum absolute atomic E-state index is 0.132. The van der Waals surface area contributed by atoms with E-state index in [1.807, 2.05) is 48.5 Å². The fourth-order valence-corrected chi connectivity index (χ4v) is 3.10. The van der Waals surface area contributed by atoms with E-state index in [1.54, 1.807) is 12.1 Å². The normalized spacial score (nSPS) is 12.1.